The molecule has 1 aromatic rings. The van der Waals surface area contributed by atoms with E-state index >= 15 is 0 Å². The van der Waals surface area contributed by atoms with Gasteiger partial charge in [0.15, 0.2) is 11.7 Å². The normalized spacial score (nSPS) is 14.7. The number of benzene rings is 1. The second-order valence-electron chi connectivity index (χ2n) is 19.1. The van der Waals surface area contributed by atoms with Gasteiger partial charge in [0.1, 0.15) is 42.0 Å². The number of hydrogen-bond acceptors (Lipinski definition) is 14. The molecule has 7 amide bonds. The van der Waals surface area contributed by atoms with Gasteiger partial charge in [-0.05, 0) is 94.4 Å². The Morgan fingerprint density at radius 3 is 1.32 bits per heavy atom. The van der Waals surface area contributed by atoms with Crippen LogP contribution in [0, 0.1) is 17.8 Å². The first-order valence-corrected chi connectivity index (χ1v) is 24.9. The molecule has 0 aliphatic rings. The smallest absolute Gasteiger partial charge is 0.303 e. The molecule has 0 saturated heterocycles. The van der Waals surface area contributed by atoms with Crippen LogP contribution in [0.15, 0.2) is 29.3 Å². The van der Waals surface area contributed by atoms with Crippen molar-refractivity contribution in [2.24, 2.45) is 34.2 Å². The minimum absolute atomic E-state index is 0.0201. The number of carboxylic acids is 3. The number of guanidine groups is 1. The van der Waals surface area contributed by atoms with Gasteiger partial charge in [0.25, 0.3) is 0 Å². The summed E-state index contributed by atoms with van der Waals surface area (Å²) in [4.78, 5) is 149. The number of carbonyl (C=O) groups is 11. The fourth-order valence-corrected chi connectivity index (χ4v) is 7.46. The molecule has 0 heterocycles. The van der Waals surface area contributed by atoms with Crippen molar-refractivity contribution in [1.29, 1.82) is 0 Å². The minimum atomic E-state index is -1.76. The van der Waals surface area contributed by atoms with Gasteiger partial charge < -0.3 is 74.4 Å². The zero-order valence-corrected chi connectivity index (χ0v) is 44.0. The molecule has 16 N–H and O–H groups in total. The molecule has 26 heteroatoms. The zero-order chi connectivity index (χ0) is 57.1. The Bertz CT molecular complexity index is 2150. The molecule has 1 aromatic carbocycles. The number of ketones is 1. The standard InChI is InChI=1S/C49H79N11O15/c1-9-27(6)41(48(75)57-31(11-10-22-53-49(50)51)44(71)59-40(26(4)5)47(74)58-35(28(7)61)23-25(2)3)60-45(72)34(18-21-39(67)68)55-42(69)32(16-19-37(63)64)54-43(70)33(17-20-38(65)66)56-46(73)36(52-8)24-29-12-14-30(62)15-13-29/h12-15,25-27,31-36,40-41,52,62H,9-11,16-24H2,1-8H3,(H,54,70)(H,55,69)(H,56,73)(H,57,75)(H,58,74)(H,59,71)(H,60,72)(H,63,64)(H,65,66)(H,67,68)(H4,50,51,53). The second-order valence-corrected chi connectivity index (χ2v) is 19.1. The number of phenolic OH excluding ortho intramolecular Hbond substituents is 1. The number of rotatable bonds is 36. The molecule has 0 saturated carbocycles. The van der Waals surface area contributed by atoms with E-state index in [1.165, 1.54) is 26.1 Å². The van der Waals surface area contributed by atoms with Crippen LogP contribution in [0.3, 0.4) is 0 Å². The molecule has 420 valence electrons. The summed E-state index contributed by atoms with van der Waals surface area (Å²) in [7, 11) is 1.46. The minimum Gasteiger partial charge on any atom is -0.508 e. The van der Waals surface area contributed by atoms with Gasteiger partial charge >= 0.3 is 17.9 Å². The number of Topliss-reactive ketones (excluding diaryl/α,β-unsaturated/α-hetero) is 1. The highest BCUT2D eigenvalue weighted by Crippen LogP contribution is 2.15. The number of aliphatic imine (C=N–C) groups is 1. The number of aliphatic carboxylic acids is 3. The molecular formula is C49H79N11O15. The first-order valence-electron chi connectivity index (χ1n) is 24.9. The van der Waals surface area contributed by atoms with E-state index in [2.05, 4.69) is 47.5 Å². The molecule has 75 heavy (non-hydrogen) atoms. The van der Waals surface area contributed by atoms with Gasteiger partial charge in [-0.3, -0.25) is 57.7 Å². The van der Waals surface area contributed by atoms with Crippen LogP contribution in [-0.4, -0.2) is 153 Å². The maximum Gasteiger partial charge on any atom is 0.303 e. The number of nitrogens with zero attached hydrogens (tertiary/aromatic N) is 1. The Labute approximate surface area is 436 Å². The van der Waals surface area contributed by atoms with Gasteiger partial charge in [-0.2, -0.15) is 0 Å². The molecule has 0 bridgehead atoms. The number of likely N-dealkylation sites (N-methyl/N-ethyl adjacent to an activating group) is 1. The highest BCUT2D eigenvalue weighted by Gasteiger charge is 2.36. The summed E-state index contributed by atoms with van der Waals surface area (Å²) < 4.78 is 0. The van der Waals surface area contributed by atoms with Gasteiger partial charge in [0, 0.05) is 25.8 Å². The largest absolute Gasteiger partial charge is 0.508 e. The lowest BCUT2D eigenvalue weighted by molar-refractivity contribution is -0.140. The van der Waals surface area contributed by atoms with Crippen LogP contribution < -0.4 is 54.0 Å². The van der Waals surface area contributed by atoms with Crippen LogP contribution >= 0.6 is 0 Å². The molecule has 9 unspecified atom stereocenters. The average Bonchev–Trinajstić information content (AvgIpc) is 3.32. The van der Waals surface area contributed by atoms with Crippen molar-refractivity contribution >= 4 is 71.0 Å². The number of aromatic hydroxyl groups is 1. The van der Waals surface area contributed by atoms with Crippen LogP contribution in [-0.2, 0) is 59.2 Å². The Morgan fingerprint density at radius 2 is 0.933 bits per heavy atom. The highest BCUT2D eigenvalue weighted by atomic mass is 16.4. The fraction of sp³-hybridized carbons (Fsp3) is 0.633. The van der Waals surface area contributed by atoms with E-state index in [1.807, 2.05) is 13.8 Å². The molecule has 0 aromatic heterocycles. The van der Waals surface area contributed by atoms with Crippen molar-refractivity contribution < 1.29 is 73.2 Å². The number of hydrogen-bond donors (Lipinski definition) is 14. The number of phenols is 1. The van der Waals surface area contributed by atoms with E-state index in [1.54, 1.807) is 39.8 Å². The number of amides is 7. The van der Waals surface area contributed by atoms with Gasteiger partial charge in [-0.25, -0.2) is 0 Å². The first kappa shape index (κ1) is 65.6. The Kier molecular flexibility index (Phi) is 29.3. The molecule has 9 atom stereocenters. The summed E-state index contributed by atoms with van der Waals surface area (Å²) >= 11 is 0. The van der Waals surface area contributed by atoms with E-state index < -0.39 is 158 Å². The van der Waals surface area contributed by atoms with Gasteiger partial charge in [0.2, 0.25) is 41.4 Å². The summed E-state index contributed by atoms with van der Waals surface area (Å²) in [6.45, 7) is 11.7. The maximum absolute atomic E-state index is 14.2. The lowest BCUT2D eigenvalue weighted by atomic mass is 9.96. The lowest BCUT2D eigenvalue weighted by Crippen LogP contribution is -2.61. The third kappa shape index (κ3) is 25.4. The second kappa shape index (κ2) is 33.4. The van der Waals surface area contributed by atoms with Gasteiger partial charge in [0.05, 0.1) is 12.1 Å². The van der Waals surface area contributed by atoms with Crippen molar-refractivity contribution in [2.75, 3.05) is 13.6 Å². The summed E-state index contributed by atoms with van der Waals surface area (Å²) in [6, 6.07) is -4.96. The molecule has 0 radical (unpaired) electrons. The highest BCUT2D eigenvalue weighted by molar-refractivity contribution is 5.98. The predicted octanol–water partition coefficient (Wildman–Crippen LogP) is -1.10. The van der Waals surface area contributed by atoms with Crippen molar-refractivity contribution in [2.45, 2.75) is 167 Å². The lowest BCUT2D eigenvalue weighted by Gasteiger charge is -2.30. The van der Waals surface area contributed by atoms with Crippen LogP contribution in [0.2, 0.25) is 0 Å². The van der Waals surface area contributed by atoms with Crippen molar-refractivity contribution in [3.63, 3.8) is 0 Å². The summed E-state index contributed by atoms with van der Waals surface area (Å²) in [6.07, 6.45) is -3.00. The summed E-state index contributed by atoms with van der Waals surface area (Å²) in [5, 5.41) is 58.7. The fourth-order valence-electron chi connectivity index (χ4n) is 7.46. The van der Waals surface area contributed by atoms with Crippen molar-refractivity contribution in [1.82, 2.24) is 42.5 Å². The maximum atomic E-state index is 14.2. The number of nitrogens with two attached hydrogens (primary N) is 2. The van der Waals surface area contributed by atoms with E-state index in [4.69, 9.17) is 11.5 Å². The average molecular weight is 1060 g/mol. The van der Waals surface area contributed by atoms with E-state index in [9.17, 15) is 73.2 Å². The molecule has 0 aliphatic heterocycles. The summed E-state index contributed by atoms with van der Waals surface area (Å²) in [5.41, 5.74) is 11.6. The molecular weight excluding hydrogens is 983 g/mol. The third-order valence-electron chi connectivity index (χ3n) is 12.0. The SMILES string of the molecule is CCC(C)C(NC(=O)C(CCC(=O)O)NC(=O)C(CCC(=O)O)NC(=O)C(CCC(=O)O)NC(=O)C(Cc1ccc(O)cc1)NC)C(=O)NC(CCCN=C(N)N)C(=O)NC(C(=O)NC(CC(C)C)C(C)=O)C(C)C. The number of carbonyl (C=O) groups excluding carboxylic acids is 8. The predicted molar refractivity (Wildman–Crippen MR) is 273 cm³/mol. The quantitative estimate of drug-likeness (QED) is 0.0215. The van der Waals surface area contributed by atoms with Gasteiger partial charge in [-0.1, -0.05) is 60.1 Å². The molecule has 0 aliphatic carbocycles. The van der Waals surface area contributed by atoms with Crippen molar-refractivity contribution in [3.05, 3.63) is 29.8 Å². The van der Waals surface area contributed by atoms with E-state index in [0.717, 1.165) is 0 Å². The van der Waals surface area contributed by atoms with Crippen LogP contribution in [0.25, 0.3) is 0 Å². The van der Waals surface area contributed by atoms with E-state index in [-0.39, 0.29) is 55.6 Å². The first-order chi connectivity index (χ1) is 35.1. The Balaban J connectivity index is 3.57. The third-order valence-corrected chi connectivity index (χ3v) is 12.0. The number of carboxylic acid groups (broad SMARTS) is 3. The van der Waals surface area contributed by atoms with E-state index in [0.29, 0.717) is 12.0 Å². The topological polar surface area (TPSA) is 429 Å². The number of nitrogens with one attached hydrogen (secondary N) is 8. The molecule has 0 fully saturated rings. The van der Waals surface area contributed by atoms with Crippen LogP contribution in [0.1, 0.15) is 118 Å². The molecule has 0 spiro atoms. The van der Waals surface area contributed by atoms with Gasteiger partial charge in [-0.15, -0.1) is 0 Å². The molecule has 26 nitrogen and oxygen atoms in total. The van der Waals surface area contributed by atoms with Crippen LogP contribution in [0.4, 0.5) is 0 Å². The summed E-state index contributed by atoms with van der Waals surface area (Å²) in [5.74, 6) is -12.3. The monoisotopic (exact) mass is 1060 g/mol. The zero-order valence-electron chi connectivity index (χ0n) is 44.0. The molecule has 1 rings (SSSR count). The Hall–Kier alpha value is -7.38. The van der Waals surface area contributed by atoms with Crippen LogP contribution in [0.5, 0.6) is 5.75 Å². The van der Waals surface area contributed by atoms with Crippen molar-refractivity contribution in [3.8, 4) is 5.75 Å². The Morgan fingerprint density at radius 1 is 0.547 bits per heavy atom.